The lowest BCUT2D eigenvalue weighted by molar-refractivity contribution is 0.0240. The quantitative estimate of drug-likeness (QED) is 0.724. The van der Waals surface area contributed by atoms with Crippen LogP contribution < -0.4 is 10.5 Å². The molecule has 1 fully saturated rings. The fraction of sp³-hybridized carbons (Fsp3) is 0.400. The van der Waals surface area contributed by atoms with E-state index in [0.29, 0.717) is 30.7 Å². The van der Waals surface area contributed by atoms with E-state index in [1.165, 1.54) is 0 Å². The molecular weight excluding hydrogens is 410 g/mol. The lowest BCUT2D eigenvalue weighted by atomic mass is 10.2. The van der Waals surface area contributed by atoms with Gasteiger partial charge in [-0.3, -0.25) is 9.36 Å². The third-order valence-corrected chi connectivity index (χ3v) is 5.06. The van der Waals surface area contributed by atoms with Crippen LogP contribution in [0.15, 0.2) is 51.9 Å². The predicted octanol–water partition coefficient (Wildman–Crippen LogP) is 3.66. The molecule has 0 saturated carbocycles. The summed E-state index contributed by atoms with van der Waals surface area (Å²) in [6, 6.07) is 11.4. The third-order valence-electron chi connectivity index (χ3n) is 4.32. The van der Waals surface area contributed by atoms with Crippen molar-refractivity contribution in [1.82, 2.24) is 9.47 Å². The number of amides is 1. The van der Waals surface area contributed by atoms with Crippen molar-refractivity contribution < 1.29 is 9.53 Å². The number of piperazine rings is 1. The molecule has 0 aliphatic carbocycles. The van der Waals surface area contributed by atoms with Gasteiger partial charge in [0.25, 0.3) is 5.56 Å². The number of hydrogen-bond donors (Lipinski definition) is 0. The Labute approximate surface area is 167 Å². The number of ether oxygens (including phenoxy) is 1. The van der Waals surface area contributed by atoms with Gasteiger partial charge in [-0.25, -0.2) is 4.79 Å². The van der Waals surface area contributed by atoms with Crippen LogP contribution in [0.3, 0.4) is 0 Å². The summed E-state index contributed by atoms with van der Waals surface area (Å²) in [5.41, 5.74) is 1.06. The number of aromatic nitrogens is 1. The Morgan fingerprint density at radius 2 is 1.67 bits per heavy atom. The van der Waals surface area contributed by atoms with Gasteiger partial charge in [0.15, 0.2) is 0 Å². The van der Waals surface area contributed by atoms with E-state index in [4.69, 9.17) is 4.74 Å². The Morgan fingerprint density at radius 3 is 2.26 bits per heavy atom. The highest BCUT2D eigenvalue weighted by Gasteiger charge is 2.27. The largest absolute Gasteiger partial charge is 0.444 e. The first-order valence-corrected chi connectivity index (χ1v) is 9.75. The second kappa shape index (κ2) is 7.76. The molecule has 1 amide bonds. The van der Waals surface area contributed by atoms with E-state index < -0.39 is 5.60 Å². The van der Waals surface area contributed by atoms with Gasteiger partial charge in [-0.2, -0.15) is 0 Å². The van der Waals surface area contributed by atoms with Gasteiger partial charge in [-0.1, -0.05) is 18.2 Å². The zero-order valence-corrected chi connectivity index (χ0v) is 17.4. The molecule has 0 spiro atoms. The maximum atomic E-state index is 12.8. The summed E-state index contributed by atoms with van der Waals surface area (Å²) in [4.78, 5) is 28.8. The second-order valence-corrected chi connectivity index (χ2v) is 8.27. The van der Waals surface area contributed by atoms with Crippen molar-refractivity contribution in [3.63, 3.8) is 0 Å². The van der Waals surface area contributed by atoms with Crippen LogP contribution in [0.4, 0.5) is 10.5 Å². The fourth-order valence-electron chi connectivity index (χ4n) is 2.99. The summed E-state index contributed by atoms with van der Waals surface area (Å²) < 4.78 is 7.57. The predicted molar refractivity (Wildman–Crippen MR) is 110 cm³/mol. The number of nitrogens with zero attached hydrogens (tertiary/aromatic N) is 3. The zero-order valence-electron chi connectivity index (χ0n) is 15.8. The van der Waals surface area contributed by atoms with Crippen molar-refractivity contribution in [2.24, 2.45) is 0 Å². The van der Waals surface area contributed by atoms with E-state index in [-0.39, 0.29) is 11.7 Å². The molecule has 0 atom stereocenters. The SMILES string of the molecule is CC(C)(C)OC(=O)N1CCN(c2ccn(-c3ccccc3)c(=O)c2Br)CC1. The first-order valence-electron chi connectivity index (χ1n) is 8.96. The van der Waals surface area contributed by atoms with Gasteiger partial charge < -0.3 is 14.5 Å². The van der Waals surface area contributed by atoms with Gasteiger partial charge in [0.1, 0.15) is 10.1 Å². The van der Waals surface area contributed by atoms with E-state index in [1.54, 1.807) is 15.7 Å². The van der Waals surface area contributed by atoms with Gasteiger partial charge in [0.2, 0.25) is 0 Å². The molecule has 0 bridgehead atoms. The molecule has 0 N–H and O–H groups in total. The molecule has 2 heterocycles. The Hall–Kier alpha value is -2.28. The van der Waals surface area contributed by atoms with Crippen LogP contribution in [0.5, 0.6) is 0 Å². The van der Waals surface area contributed by atoms with Crippen LogP contribution in [-0.4, -0.2) is 47.3 Å². The number of rotatable bonds is 2. The Bertz CT molecular complexity index is 866. The molecule has 1 aliphatic rings. The maximum absolute atomic E-state index is 12.8. The lowest BCUT2D eigenvalue weighted by Crippen LogP contribution is -2.50. The molecule has 0 unspecified atom stereocenters. The topological polar surface area (TPSA) is 54.8 Å². The molecular formula is C20H24BrN3O3. The molecule has 3 rings (SSSR count). The van der Waals surface area contributed by atoms with Gasteiger partial charge in [0.05, 0.1) is 5.69 Å². The minimum atomic E-state index is -0.501. The number of anilines is 1. The van der Waals surface area contributed by atoms with E-state index >= 15 is 0 Å². The fourth-order valence-corrected chi connectivity index (χ4v) is 3.57. The molecule has 1 saturated heterocycles. The zero-order chi connectivity index (χ0) is 19.6. The van der Waals surface area contributed by atoms with Crippen LogP contribution in [0, 0.1) is 0 Å². The monoisotopic (exact) mass is 433 g/mol. The van der Waals surface area contributed by atoms with Gasteiger partial charge in [-0.05, 0) is 54.9 Å². The number of carbonyl (C=O) groups is 1. The number of benzene rings is 1. The van der Waals surface area contributed by atoms with Crippen molar-refractivity contribution in [2.75, 3.05) is 31.1 Å². The smallest absolute Gasteiger partial charge is 0.410 e. The molecule has 2 aromatic rings. The summed E-state index contributed by atoms with van der Waals surface area (Å²) in [5, 5.41) is 0. The molecule has 144 valence electrons. The van der Waals surface area contributed by atoms with Gasteiger partial charge >= 0.3 is 6.09 Å². The highest BCUT2D eigenvalue weighted by atomic mass is 79.9. The molecule has 6 nitrogen and oxygen atoms in total. The average Bonchev–Trinajstić information content (AvgIpc) is 2.63. The standard InChI is InChI=1S/C20H24BrN3O3/c1-20(2,3)27-19(26)23-13-11-22(12-14-23)16-9-10-24(18(25)17(16)21)15-7-5-4-6-8-15/h4-10H,11-14H2,1-3H3. The van der Waals surface area contributed by atoms with E-state index in [0.717, 1.165) is 11.4 Å². The molecule has 1 aromatic carbocycles. The van der Waals surface area contributed by atoms with Crippen LogP contribution in [-0.2, 0) is 4.74 Å². The third kappa shape index (κ3) is 4.53. The molecule has 0 radical (unpaired) electrons. The summed E-state index contributed by atoms with van der Waals surface area (Å²) in [7, 11) is 0. The van der Waals surface area contributed by atoms with Crippen LogP contribution in [0.1, 0.15) is 20.8 Å². The van der Waals surface area contributed by atoms with Crippen LogP contribution >= 0.6 is 15.9 Å². The summed E-state index contributed by atoms with van der Waals surface area (Å²) in [6.07, 6.45) is 1.50. The lowest BCUT2D eigenvalue weighted by Gasteiger charge is -2.37. The number of pyridine rings is 1. The Kier molecular flexibility index (Phi) is 5.60. The molecule has 1 aromatic heterocycles. The van der Waals surface area contributed by atoms with Gasteiger partial charge in [-0.15, -0.1) is 0 Å². The first kappa shape index (κ1) is 19.5. The summed E-state index contributed by atoms with van der Waals surface area (Å²) >= 11 is 3.47. The van der Waals surface area contributed by atoms with Gasteiger partial charge in [0, 0.05) is 38.1 Å². The minimum absolute atomic E-state index is 0.103. The Morgan fingerprint density at radius 1 is 1.04 bits per heavy atom. The van der Waals surface area contributed by atoms with E-state index in [2.05, 4.69) is 20.8 Å². The molecule has 1 aliphatic heterocycles. The van der Waals surface area contributed by atoms with Crippen molar-refractivity contribution in [3.05, 3.63) is 57.4 Å². The Balaban J connectivity index is 1.73. The minimum Gasteiger partial charge on any atom is -0.444 e. The maximum Gasteiger partial charge on any atom is 0.410 e. The normalized spacial score (nSPS) is 15.0. The first-order chi connectivity index (χ1) is 12.8. The van der Waals surface area contributed by atoms with E-state index in [9.17, 15) is 9.59 Å². The van der Waals surface area contributed by atoms with Crippen molar-refractivity contribution in [2.45, 2.75) is 26.4 Å². The van der Waals surface area contributed by atoms with Crippen LogP contribution in [0.25, 0.3) is 5.69 Å². The average molecular weight is 434 g/mol. The second-order valence-electron chi connectivity index (χ2n) is 7.48. The number of halogens is 1. The van der Waals surface area contributed by atoms with E-state index in [1.807, 2.05) is 57.2 Å². The van der Waals surface area contributed by atoms with Crippen molar-refractivity contribution in [3.8, 4) is 5.69 Å². The molecule has 27 heavy (non-hydrogen) atoms. The number of hydrogen-bond acceptors (Lipinski definition) is 4. The highest BCUT2D eigenvalue weighted by Crippen LogP contribution is 2.25. The van der Waals surface area contributed by atoms with Crippen LogP contribution in [0.2, 0.25) is 0 Å². The highest BCUT2D eigenvalue weighted by molar-refractivity contribution is 9.10. The summed E-state index contributed by atoms with van der Waals surface area (Å²) in [5.74, 6) is 0. The van der Waals surface area contributed by atoms with Crippen molar-refractivity contribution >= 4 is 27.7 Å². The summed E-state index contributed by atoms with van der Waals surface area (Å²) in [6.45, 7) is 7.99. The number of carbonyl (C=O) groups excluding carboxylic acids is 1. The number of para-hydroxylation sites is 1. The molecule has 7 heteroatoms. The van der Waals surface area contributed by atoms with Crippen molar-refractivity contribution in [1.29, 1.82) is 0 Å².